The largest absolute Gasteiger partial charge is 0.355 e. The summed E-state index contributed by atoms with van der Waals surface area (Å²) in [5.41, 5.74) is 0.0624. The monoisotopic (exact) mass is 310 g/mol. The number of nitro groups is 1. The Hall–Kier alpha value is -1.56. The van der Waals surface area contributed by atoms with E-state index in [1.807, 2.05) is 6.92 Å². The van der Waals surface area contributed by atoms with Gasteiger partial charge in [-0.05, 0) is 25.5 Å². The number of hydrogen-bond acceptors (Lipinski definition) is 4. The molecular formula is C15H22N2O3S. The molecule has 0 bridgehead atoms. The molecule has 1 unspecified atom stereocenters. The number of hydrogen-bond donors (Lipinski definition) is 1. The van der Waals surface area contributed by atoms with Crippen LogP contribution in [-0.4, -0.2) is 22.6 Å². The number of nitrogens with zero attached hydrogens (tertiary/aromatic N) is 1. The van der Waals surface area contributed by atoms with E-state index in [2.05, 4.69) is 12.2 Å². The van der Waals surface area contributed by atoms with Crippen molar-refractivity contribution in [1.82, 2.24) is 5.32 Å². The van der Waals surface area contributed by atoms with Gasteiger partial charge in [0.1, 0.15) is 0 Å². The number of carbonyl (C=O) groups excluding carboxylic acids is 1. The van der Waals surface area contributed by atoms with Crippen LogP contribution in [0.15, 0.2) is 29.2 Å². The summed E-state index contributed by atoms with van der Waals surface area (Å²) >= 11 is 1.41. The first kappa shape index (κ1) is 17.5. The number of unbranched alkanes of at least 4 members (excludes halogenated alkanes) is 3. The lowest BCUT2D eigenvalue weighted by Gasteiger charge is -2.11. The van der Waals surface area contributed by atoms with E-state index in [1.54, 1.807) is 12.1 Å². The molecule has 1 aromatic carbocycles. The smallest absolute Gasteiger partial charge is 0.269 e. The second-order valence-corrected chi connectivity index (χ2v) is 6.28. The number of rotatable bonds is 9. The zero-order chi connectivity index (χ0) is 15.7. The SMILES string of the molecule is CCCCCCNC(=O)C(C)Sc1ccc([N+](=O)[O-])cc1. The predicted octanol–water partition coefficient (Wildman–Crippen LogP) is 3.77. The molecule has 1 amide bonds. The first-order chi connectivity index (χ1) is 10.0. The van der Waals surface area contributed by atoms with E-state index < -0.39 is 4.92 Å². The molecule has 0 radical (unpaired) electrons. The Morgan fingerprint density at radius 2 is 1.95 bits per heavy atom. The second kappa shape index (κ2) is 9.39. The number of benzene rings is 1. The summed E-state index contributed by atoms with van der Waals surface area (Å²) in [5.74, 6) is 0.00912. The number of nitrogens with one attached hydrogen (secondary N) is 1. The van der Waals surface area contributed by atoms with E-state index in [0.717, 1.165) is 17.7 Å². The molecule has 0 saturated heterocycles. The predicted molar refractivity (Wildman–Crippen MR) is 85.6 cm³/mol. The molecule has 0 aliphatic heterocycles. The van der Waals surface area contributed by atoms with Gasteiger partial charge in [0.25, 0.3) is 5.69 Å². The summed E-state index contributed by atoms with van der Waals surface area (Å²) in [4.78, 5) is 22.9. The third-order valence-corrected chi connectivity index (χ3v) is 4.17. The van der Waals surface area contributed by atoms with Gasteiger partial charge >= 0.3 is 0 Å². The maximum absolute atomic E-state index is 11.9. The molecule has 0 heterocycles. The maximum atomic E-state index is 11.9. The van der Waals surface area contributed by atoms with Crippen molar-refractivity contribution in [1.29, 1.82) is 0 Å². The fourth-order valence-corrected chi connectivity index (χ4v) is 2.70. The average molecular weight is 310 g/mol. The van der Waals surface area contributed by atoms with Gasteiger partial charge in [0.2, 0.25) is 5.91 Å². The van der Waals surface area contributed by atoms with Gasteiger partial charge in [-0.25, -0.2) is 0 Å². The molecule has 5 nitrogen and oxygen atoms in total. The molecule has 0 saturated carbocycles. The number of carbonyl (C=O) groups is 1. The topological polar surface area (TPSA) is 72.2 Å². The van der Waals surface area contributed by atoms with Crippen molar-refractivity contribution < 1.29 is 9.72 Å². The van der Waals surface area contributed by atoms with Crippen LogP contribution >= 0.6 is 11.8 Å². The van der Waals surface area contributed by atoms with E-state index in [-0.39, 0.29) is 16.8 Å². The lowest BCUT2D eigenvalue weighted by Crippen LogP contribution is -2.31. The minimum absolute atomic E-state index is 0.00912. The van der Waals surface area contributed by atoms with Gasteiger partial charge in [-0.1, -0.05) is 26.2 Å². The fraction of sp³-hybridized carbons (Fsp3) is 0.533. The van der Waals surface area contributed by atoms with Crippen molar-refractivity contribution in [2.45, 2.75) is 49.7 Å². The Morgan fingerprint density at radius 1 is 1.29 bits per heavy atom. The van der Waals surface area contributed by atoms with Crippen molar-refractivity contribution in [3.8, 4) is 0 Å². The molecule has 0 aliphatic rings. The van der Waals surface area contributed by atoms with Crippen LogP contribution in [0, 0.1) is 10.1 Å². The van der Waals surface area contributed by atoms with Gasteiger partial charge < -0.3 is 5.32 Å². The molecule has 0 aromatic heterocycles. The summed E-state index contributed by atoms with van der Waals surface area (Å²) in [6, 6.07) is 6.26. The van der Waals surface area contributed by atoms with E-state index in [4.69, 9.17) is 0 Å². The highest BCUT2D eigenvalue weighted by molar-refractivity contribution is 8.00. The Kier molecular flexibility index (Phi) is 7.82. The van der Waals surface area contributed by atoms with Crippen molar-refractivity contribution in [2.75, 3.05) is 6.54 Å². The van der Waals surface area contributed by atoms with Gasteiger partial charge in [0.05, 0.1) is 10.2 Å². The zero-order valence-electron chi connectivity index (χ0n) is 12.5. The van der Waals surface area contributed by atoms with E-state index >= 15 is 0 Å². The summed E-state index contributed by atoms with van der Waals surface area (Å²) in [6.45, 7) is 4.71. The number of amides is 1. The highest BCUT2D eigenvalue weighted by Gasteiger charge is 2.14. The van der Waals surface area contributed by atoms with Crippen LogP contribution in [-0.2, 0) is 4.79 Å². The van der Waals surface area contributed by atoms with Crippen molar-refractivity contribution >= 4 is 23.4 Å². The highest BCUT2D eigenvalue weighted by Crippen LogP contribution is 2.25. The molecule has 1 N–H and O–H groups in total. The summed E-state index contributed by atoms with van der Waals surface area (Å²) in [5, 5.41) is 13.3. The summed E-state index contributed by atoms with van der Waals surface area (Å²) in [7, 11) is 0. The number of thioether (sulfide) groups is 1. The van der Waals surface area contributed by atoms with Crippen LogP contribution in [0.25, 0.3) is 0 Å². The highest BCUT2D eigenvalue weighted by atomic mass is 32.2. The first-order valence-electron chi connectivity index (χ1n) is 7.23. The van der Waals surface area contributed by atoms with Gasteiger partial charge in [0.15, 0.2) is 0 Å². The van der Waals surface area contributed by atoms with Gasteiger partial charge in [-0.15, -0.1) is 11.8 Å². The third kappa shape index (κ3) is 6.62. The Labute approximate surface area is 129 Å². The Balaban J connectivity index is 2.36. The van der Waals surface area contributed by atoms with Gasteiger partial charge in [0, 0.05) is 23.6 Å². The lowest BCUT2D eigenvalue weighted by molar-refractivity contribution is -0.384. The Bertz CT molecular complexity index is 462. The van der Waals surface area contributed by atoms with Crippen molar-refractivity contribution in [2.24, 2.45) is 0 Å². The van der Waals surface area contributed by atoms with Crippen LogP contribution in [0.4, 0.5) is 5.69 Å². The van der Waals surface area contributed by atoms with Crippen LogP contribution in [0.2, 0.25) is 0 Å². The minimum Gasteiger partial charge on any atom is -0.355 e. The molecular weight excluding hydrogens is 288 g/mol. The van der Waals surface area contributed by atoms with Crippen LogP contribution in [0.5, 0.6) is 0 Å². The summed E-state index contributed by atoms with van der Waals surface area (Å²) < 4.78 is 0. The molecule has 0 fully saturated rings. The quantitative estimate of drug-likeness (QED) is 0.326. The fourth-order valence-electron chi connectivity index (χ4n) is 1.81. The molecule has 1 atom stereocenters. The molecule has 1 rings (SSSR count). The molecule has 1 aromatic rings. The zero-order valence-corrected chi connectivity index (χ0v) is 13.3. The van der Waals surface area contributed by atoms with Crippen LogP contribution in [0.3, 0.4) is 0 Å². The normalized spacial score (nSPS) is 11.9. The minimum atomic E-state index is -0.430. The van der Waals surface area contributed by atoms with E-state index in [0.29, 0.717) is 6.54 Å². The van der Waals surface area contributed by atoms with Crippen molar-refractivity contribution in [3.63, 3.8) is 0 Å². The molecule has 0 aliphatic carbocycles. The Morgan fingerprint density at radius 3 is 2.52 bits per heavy atom. The van der Waals surface area contributed by atoms with E-state index in [1.165, 1.54) is 36.7 Å². The summed E-state index contributed by atoms with van der Waals surface area (Å²) in [6.07, 6.45) is 4.53. The van der Waals surface area contributed by atoms with Crippen LogP contribution in [0.1, 0.15) is 39.5 Å². The number of non-ortho nitro benzene ring substituents is 1. The van der Waals surface area contributed by atoms with Gasteiger partial charge in [-0.3, -0.25) is 14.9 Å². The standard InChI is InChI=1S/C15H22N2O3S/c1-3-4-5-6-11-16-15(18)12(2)21-14-9-7-13(8-10-14)17(19)20/h7-10,12H,3-6,11H2,1-2H3,(H,16,18). The molecule has 116 valence electrons. The van der Waals surface area contributed by atoms with Crippen LogP contribution < -0.4 is 5.32 Å². The molecule has 0 spiro atoms. The lowest BCUT2D eigenvalue weighted by atomic mass is 10.2. The molecule has 6 heteroatoms. The number of nitro benzene ring substituents is 1. The average Bonchev–Trinajstić information content (AvgIpc) is 2.47. The first-order valence-corrected chi connectivity index (χ1v) is 8.11. The van der Waals surface area contributed by atoms with E-state index in [9.17, 15) is 14.9 Å². The third-order valence-electron chi connectivity index (χ3n) is 3.06. The maximum Gasteiger partial charge on any atom is 0.269 e. The second-order valence-electron chi connectivity index (χ2n) is 4.86. The van der Waals surface area contributed by atoms with Gasteiger partial charge in [-0.2, -0.15) is 0 Å². The van der Waals surface area contributed by atoms with Crippen molar-refractivity contribution in [3.05, 3.63) is 34.4 Å². The molecule has 21 heavy (non-hydrogen) atoms.